The number of benzene rings is 1. The van der Waals surface area contributed by atoms with E-state index < -0.39 is 17.6 Å². The van der Waals surface area contributed by atoms with Crippen molar-refractivity contribution in [2.45, 2.75) is 0 Å². The third-order valence-electron chi connectivity index (χ3n) is 2.05. The highest BCUT2D eigenvalue weighted by Gasteiger charge is 2.13. The van der Waals surface area contributed by atoms with E-state index in [-0.39, 0.29) is 5.69 Å². The molecule has 0 atom stereocenters. The molecule has 2 rings (SSSR count). The monoisotopic (exact) mass is 252 g/mol. The van der Waals surface area contributed by atoms with E-state index in [0.717, 1.165) is 6.20 Å². The van der Waals surface area contributed by atoms with Gasteiger partial charge in [-0.3, -0.25) is 0 Å². The van der Waals surface area contributed by atoms with Gasteiger partial charge in [-0.2, -0.15) is 0 Å². The average Bonchev–Trinajstić information content (AvgIpc) is 2.31. The molecular formula is C11H6ClFN2O2. The lowest BCUT2D eigenvalue weighted by atomic mass is 10.1. The van der Waals surface area contributed by atoms with Crippen LogP contribution >= 0.6 is 11.6 Å². The van der Waals surface area contributed by atoms with Crippen molar-refractivity contribution in [3.8, 4) is 11.3 Å². The van der Waals surface area contributed by atoms with Crippen LogP contribution in [0.3, 0.4) is 0 Å². The Hall–Kier alpha value is -2.01. The standard InChI is InChI=1S/C11H6ClFN2O2/c12-7-3-1-6(2-4-7)9-8(13)5-14-10(15-9)11(16)17/h1-5H,(H,16,17). The molecule has 86 valence electrons. The summed E-state index contributed by atoms with van der Waals surface area (Å²) in [4.78, 5) is 17.7. The van der Waals surface area contributed by atoms with Gasteiger partial charge in [-0.15, -0.1) is 0 Å². The van der Waals surface area contributed by atoms with Crippen molar-refractivity contribution in [3.63, 3.8) is 0 Å². The van der Waals surface area contributed by atoms with E-state index in [9.17, 15) is 9.18 Å². The van der Waals surface area contributed by atoms with Gasteiger partial charge in [0.15, 0.2) is 5.82 Å². The fourth-order valence-electron chi connectivity index (χ4n) is 1.28. The highest BCUT2D eigenvalue weighted by atomic mass is 35.5. The zero-order valence-corrected chi connectivity index (χ0v) is 9.15. The molecule has 0 saturated heterocycles. The fourth-order valence-corrected chi connectivity index (χ4v) is 1.41. The van der Waals surface area contributed by atoms with Crippen molar-refractivity contribution in [3.05, 3.63) is 47.1 Å². The molecule has 0 bridgehead atoms. The Labute approximate surface area is 101 Å². The van der Waals surface area contributed by atoms with Crippen molar-refractivity contribution in [1.29, 1.82) is 0 Å². The summed E-state index contributed by atoms with van der Waals surface area (Å²) in [5.41, 5.74) is 0.380. The van der Waals surface area contributed by atoms with E-state index in [0.29, 0.717) is 10.6 Å². The lowest BCUT2D eigenvalue weighted by Crippen LogP contribution is -2.06. The van der Waals surface area contributed by atoms with Crippen molar-refractivity contribution in [2.24, 2.45) is 0 Å². The average molecular weight is 253 g/mol. The summed E-state index contributed by atoms with van der Waals surface area (Å²) in [5.74, 6) is -2.44. The number of carboxylic acid groups (broad SMARTS) is 1. The molecule has 0 fully saturated rings. The molecule has 6 heteroatoms. The minimum atomic E-state index is -1.31. The SMILES string of the molecule is O=C(O)c1ncc(F)c(-c2ccc(Cl)cc2)n1. The summed E-state index contributed by atoms with van der Waals surface area (Å²) < 4.78 is 13.5. The van der Waals surface area contributed by atoms with E-state index in [1.54, 1.807) is 24.3 Å². The van der Waals surface area contributed by atoms with Gasteiger partial charge in [0, 0.05) is 10.6 Å². The Morgan fingerprint density at radius 3 is 2.53 bits per heavy atom. The smallest absolute Gasteiger partial charge is 0.373 e. The molecule has 1 aromatic heterocycles. The fraction of sp³-hybridized carbons (Fsp3) is 0. The molecular weight excluding hydrogens is 247 g/mol. The van der Waals surface area contributed by atoms with Crippen LogP contribution < -0.4 is 0 Å². The highest BCUT2D eigenvalue weighted by molar-refractivity contribution is 6.30. The maximum atomic E-state index is 13.5. The molecule has 0 amide bonds. The molecule has 17 heavy (non-hydrogen) atoms. The lowest BCUT2D eigenvalue weighted by molar-refractivity contribution is 0.0683. The summed E-state index contributed by atoms with van der Waals surface area (Å²) in [6.45, 7) is 0. The van der Waals surface area contributed by atoms with Gasteiger partial charge in [-0.1, -0.05) is 23.7 Å². The number of carbonyl (C=O) groups is 1. The van der Waals surface area contributed by atoms with E-state index >= 15 is 0 Å². The van der Waals surface area contributed by atoms with Crippen LogP contribution in [0.25, 0.3) is 11.3 Å². The topological polar surface area (TPSA) is 63.1 Å². The molecule has 0 radical (unpaired) electrons. The summed E-state index contributed by atoms with van der Waals surface area (Å²) in [6.07, 6.45) is 0.834. The minimum Gasteiger partial charge on any atom is -0.475 e. The first kappa shape index (κ1) is 11.5. The predicted octanol–water partition coefficient (Wildman–Crippen LogP) is 2.63. The van der Waals surface area contributed by atoms with Crippen LogP contribution in [0, 0.1) is 5.82 Å². The van der Waals surface area contributed by atoms with Gasteiger partial charge in [0.2, 0.25) is 5.82 Å². The van der Waals surface area contributed by atoms with E-state index in [1.165, 1.54) is 0 Å². The highest BCUT2D eigenvalue weighted by Crippen LogP contribution is 2.21. The molecule has 0 spiro atoms. The van der Waals surface area contributed by atoms with Crippen LogP contribution in [-0.2, 0) is 0 Å². The second kappa shape index (κ2) is 4.47. The van der Waals surface area contributed by atoms with Gasteiger partial charge in [-0.05, 0) is 12.1 Å². The van der Waals surface area contributed by atoms with E-state index in [4.69, 9.17) is 16.7 Å². The first-order chi connectivity index (χ1) is 8.08. The van der Waals surface area contributed by atoms with E-state index in [1.807, 2.05) is 0 Å². The Morgan fingerprint density at radius 2 is 1.94 bits per heavy atom. The largest absolute Gasteiger partial charge is 0.475 e. The third-order valence-corrected chi connectivity index (χ3v) is 2.31. The Balaban J connectivity index is 2.54. The molecule has 0 saturated carbocycles. The normalized spacial score (nSPS) is 10.2. The van der Waals surface area contributed by atoms with Gasteiger partial charge in [0.25, 0.3) is 0 Å². The van der Waals surface area contributed by atoms with Crippen molar-refractivity contribution >= 4 is 17.6 Å². The molecule has 0 aliphatic heterocycles. The molecule has 0 aliphatic carbocycles. The van der Waals surface area contributed by atoms with Gasteiger partial charge >= 0.3 is 5.97 Å². The minimum absolute atomic E-state index is 0.0610. The molecule has 1 N–H and O–H groups in total. The number of hydrogen-bond acceptors (Lipinski definition) is 3. The van der Waals surface area contributed by atoms with Crippen molar-refractivity contribution in [2.75, 3.05) is 0 Å². The number of aromatic nitrogens is 2. The zero-order chi connectivity index (χ0) is 12.4. The number of nitrogens with zero attached hydrogens (tertiary/aromatic N) is 2. The maximum Gasteiger partial charge on any atom is 0.373 e. The summed E-state index contributed by atoms with van der Waals surface area (Å²) >= 11 is 5.70. The third kappa shape index (κ3) is 2.39. The zero-order valence-electron chi connectivity index (χ0n) is 8.39. The Morgan fingerprint density at radius 1 is 1.29 bits per heavy atom. The second-order valence-corrected chi connectivity index (χ2v) is 3.64. The second-order valence-electron chi connectivity index (χ2n) is 3.20. The summed E-state index contributed by atoms with van der Waals surface area (Å²) in [6, 6.07) is 6.25. The summed E-state index contributed by atoms with van der Waals surface area (Å²) in [5, 5.41) is 9.22. The Bertz CT molecular complexity index is 572. The van der Waals surface area contributed by atoms with Crippen LogP contribution in [0.4, 0.5) is 4.39 Å². The first-order valence-electron chi connectivity index (χ1n) is 4.59. The van der Waals surface area contributed by atoms with E-state index in [2.05, 4.69) is 9.97 Å². The number of rotatable bonds is 2. The van der Waals surface area contributed by atoms with Crippen LogP contribution in [0.5, 0.6) is 0 Å². The Kier molecular flexibility index (Phi) is 3.01. The number of hydrogen-bond donors (Lipinski definition) is 1. The quantitative estimate of drug-likeness (QED) is 0.892. The van der Waals surface area contributed by atoms with Crippen LogP contribution in [0.15, 0.2) is 30.5 Å². The van der Waals surface area contributed by atoms with Gasteiger partial charge in [0.05, 0.1) is 6.20 Å². The molecule has 4 nitrogen and oxygen atoms in total. The predicted molar refractivity (Wildman–Crippen MR) is 59.4 cm³/mol. The van der Waals surface area contributed by atoms with Crippen molar-refractivity contribution < 1.29 is 14.3 Å². The molecule has 0 unspecified atom stereocenters. The van der Waals surface area contributed by atoms with Gasteiger partial charge in [0.1, 0.15) is 5.69 Å². The van der Waals surface area contributed by atoms with Crippen LogP contribution in [0.1, 0.15) is 10.6 Å². The molecule has 1 heterocycles. The number of aromatic carboxylic acids is 1. The molecule has 2 aromatic rings. The lowest BCUT2D eigenvalue weighted by Gasteiger charge is -2.03. The number of halogens is 2. The molecule has 1 aromatic carbocycles. The van der Waals surface area contributed by atoms with Crippen LogP contribution in [-0.4, -0.2) is 21.0 Å². The van der Waals surface area contributed by atoms with Gasteiger partial charge < -0.3 is 5.11 Å². The van der Waals surface area contributed by atoms with Crippen LogP contribution in [0.2, 0.25) is 5.02 Å². The maximum absolute atomic E-state index is 13.5. The summed E-state index contributed by atoms with van der Waals surface area (Å²) in [7, 11) is 0. The first-order valence-corrected chi connectivity index (χ1v) is 4.97. The van der Waals surface area contributed by atoms with Crippen molar-refractivity contribution in [1.82, 2.24) is 9.97 Å². The molecule has 0 aliphatic rings. The van der Waals surface area contributed by atoms with Gasteiger partial charge in [-0.25, -0.2) is 19.2 Å². The number of carboxylic acids is 1.